The molecule has 4 N–H and O–H groups in total. The van der Waals surface area contributed by atoms with Crippen molar-refractivity contribution in [3.63, 3.8) is 0 Å². The smallest absolute Gasteiger partial charge is 0.229 e. The Hall–Kier alpha value is -1.95. The summed E-state index contributed by atoms with van der Waals surface area (Å²) in [5.41, 5.74) is 6.86. The first-order chi connectivity index (χ1) is 13.0. The van der Waals surface area contributed by atoms with Crippen LogP contribution < -0.4 is 16.4 Å². The number of hydrogen-bond donors (Lipinski definition) is 3. The van der Waals surface area contributed by atoms with Gasteiger partial charge in [0, 0.05) is 17.6 Å². The summed E-state index contributed by atoms with van der Waals surface area (Å²) in [4.78, 5) is 25.1. The molecule has 3 fully saturated rings. The van der Waals surface area contributed by atoms with Crippen LogP contribution in [-0.4, -0.2) is 17.9 Å². The van der Waals surface area contributed by atoms with Gasteiger partial charge >= 0.3 is 0 Å². The number of amides is 2. The van der Waals surface area contributed by atoms with E-state index in [1.165, 1.54) is 18.2 Å². The first-order valence-electron chi connectivity index (χ1n) is 10.2. The number of fused-ring (bicyclic) bond motifs is 2. The third-order valence-corrected chi connectivity index (χ3v) is 6.75. The lowest BCUT2D eigenvalue weighted by Crippen LogP contribution is -2.42. The fourth-order valence-electron chi connectivity index (χ4n) is 5.25. The fraction of sp³-hybridized carbons (Fsp3) is 0.619. The molecule has 4 rings (SSSR count). The Kier molecular flexibility index (Phi) is 5.17. The molecule has 0 radical (unpaired) electrons. The van der Waals surface area contributed by atoms with Gasteiger partial charge in [0.15, 0.2) is 0 Å². The molecule has 0 heterocycles. The summed E-state index contributed by atoms with van der Waals surface area (Å²) in [5.74, 6) is -0.135. The van der Waals surface area contributed by atoms with Crippen molar-refractivity contribution < 1.29 is 14.0 Å². The maximum atomic E-state index is 14.2. The van der Waals surface area contributed by atoms with Gasteiger partial charge in [-0.05, 0) is 62.1 Å². The third-order valence-electron chi connectivity index (χ3n) is 6.75. The molecule has 4 atom stereocenters. The number of nitrogens with one attached hydrogen (secondary N) is 2. The minimum absolute atomic E-state index is 0.0524. The molecule has 4 unspecified atom stereocenters. The summed E-state index contributed by atoms with van der Waals surface area (Å²) in [6, 6.07) is 4.23. The number of rotatable bonds is 4. The van der Waals surface area contributed by atoms with Gasteiger partial charge in [0.2, 0.25) is 11.8 Å². The molecule has 3 aliphatic rings. The zero-order chi connectivity index (χ0) is 19.0. The molecule has 0 aromatic heterocycles. The zero-order valence-corrected chi connectivity index (χ0v) is 15.5. The van der Waals surface area contributed by atoms with Crippen LogP contribution in [0.1, 0.15) is 51.4 Å². The first kappa shape index (κ1) is 18.4. The molecular weight excluding hydrogens is 345 g/mol. The van der Waals surface area contributed by atoms with Crippen LogP contribution in [0.2, 0.25) is 0 Å². The number of carbonyl (C=O) groups is 2. The van der Waals surface area contributed by atoms with Crippen molar-refractivity contribution in [3.8, 4) is 0 Å². The summed E-state index contributed by atoms with van der Waals surface area (Å²) in [6.45, 7) is 0. The van der Waals surface area contributed by atoms with Crippen molar-refractivity contribution >= 4 is 23.2 Å². The van der Waals surface area contributed by atoms with Crippen LogP contribution in [0, 0.1) is 29.5 Å². The highest BCUT2D eigenvalue weighted by Crippen LogP contribution is 2.48. The summed E-state index contributed by atoms with van der Waals surface area (Å²) < 4.78 is 14.2. The third kappa shape index (κ3) is 3.72. The largest absolute Gasteiger partial charge is 0.327 e. The number of halogens is 1. The minimum Gasteiger partial charge on any atom is -0.327 e. The molecule has 0 spiro atoms. The number of anilines is 2. The summed E-state index contributed by atoms with van der Waals surface area (Å²) >= 11 is 0. The Labute approximate surface area is 159 Å². The SMILES string of the molecule is NC1C2CCC(C2)C1C(=O)Nc1ccc(F)c(NC(=O)C2CCCCC2)c1. The van der Waals surface area contributed by atoms with E-state index in [0.29, 0.717) is 17.5 Å². The van der Waals surface area contributed by atoms with Crippen molar-refractivity contribution in [1.82, 2.24) is 0 Å². The molecular formula is C21H28FN3O2. The van der Waals surface area contributed by atoms with Crippen molar-refractivity contribution in [2.75, 3.05) is 10.6 Å². The number of hydrogen-bond acceptors (Lipinski definition) is 3. The molecule has 6 heteroatoms. The molecule has 1 aromatic carbocycles. The highest BCUT2D eigenvalue weighted by Gasteiger charge is 2.49. The second-order valence-corrected chi connectivity index (χ2v) is 8.44. The zero-order valence-electron chi connectivity index (χ0n) is 15.5. The highest BCUT2D eigenvalue weighted by atomic mass is 19.1. The van der Waals surface area contributed by atoms with Gasteiger partial charge in [-0.1, -0.05) is 19.3 Å². The van der Waals surface area contributed by atoms with Crippen molar-refractivity contribution in [1.29, 1.82) is 0 Å². The Morgan fingerprint density at radius 2 is 1.70 bits per heavy atom. The van der Waals surface area contributed by atoms with Gasteiger partial charge in [0.05, 0.1) is 11.6 Å². The second-order valence-electron chi connectivity index (χ2n) is 8.44. The fourth-order valence-corrected chi connectivity index (χ4v) is 5.25. The van der Waals surface area contributed by atoms with E-state index in [1.54, 1.807) is 0 Å². The average Bonchev–Trinajstić information content (AvgIpc) is 3.26. The standard InChI is InChI=1S/C21H28FN3O2/c22-16-9-8-15(11-17(16)25-20(26)12-4-2-1-3-5-12)24-21(27)18-13-6-7-14(10-13)19(18)23/h8-9,11-14,18-19H,1-7,10,23H2,(H,24,27)(H,25,26). The van der Waals surface area contributed by atoms with E-state index in [4.69, 9.17) is 5.73 Å². The van der Waals surface area contributed by atoms with Gasteiger partial charge in [-0.3, -0.25) is 9.59 Å². The lowest BCUT2D eigenvalue weighted by molar-refractivity contribution is -0.122. The summed E-state index contributed by atoms with van der Waals surface area (Å²) in [5, 5.41) is 5.59. The van der Waals surface area contributed by atoms with Gasteiger partial charge in [0.25, 0.3) is 0 Å². The monoisotopic (exact) mass is 373 g/mol. The average molecular weight is 373 g/mol. The molecule has 2 amide bonds. The predicted molar refractivity (Wildman–Crippen MR) is 103 cm³/mol. The van der Waals surface area contributed by atoms with Gasteiger partial charge in [-0.15, -0.1) is 0 Å². The van der Waals surface area contributed by atoms with Gasteiger partial charge < -0.3 is 16.4 Å². The van der Waals surface area contributed by atoms with E-state index in [-0.39, 0.29) is 35.4 Å². The molecule has 0 saturated heterocycles. The number of benzene rings is 1. The topological polar surface area (TPSA) is 84.2 Å². The molecule has 3 aliphatic carbocycles. The number of nitrogens with two attached hydrogens (primary N) is 1. The summed E-state index contributed by atoms with van der Waals surface area (Å²) in [6.07, 6.45) is 8.15. The second kappa shape index (κ2) is 7.58. The predicted octanol–water partition coefficient (Wildman–Crippen LogP) is 3.66. The van der Waals surface area contributed by atoms with Crippen molar-refractivity contribution in [3.05, 3.63) is 24.0 Å². The van der Waals surface area contributed by atoms with E-state index >= 15 is 0 Å². The lowest BCUT2D eigenvalue weighted by Gasteiger charge is -2.27. The Morgan fingerprint density at radius 3 is 2.41 bits per heavy atom. The van der Waals surface area contributed by atoms with Gasteiger partial charge in [0.1, 0.15) is 5.82 Å². The van der Waals surface area contributed by atoms with Crippen molar-refractivity contribution in [2.45, 2.75) is 57.4 Å². The molecule has 5 nitrogen and oxygen atoms in total. The van der Waals surface area contributed by atoms with Crippen LogP contribution in [0.3, 0.4) is 0 Å². The Balaban J connectivity index is 1.42. The van der Waals surface area contributed by atoms with Gasteiger partial charge in [-0.25, -0.2) is 4.39 Å². The Morgan fingerprint density at radius 1 is 0.963 bits per heavy atom. The van der Waals surface area contributed by atoms with Gasteiger partial charge in [-0.2, -0.15) is 0 Å². The normalized spacial score (nSPS) is 30.3. The lowest BCUT2D eigenvalue weighted by atomic mass is 9.84. The quantitative estimate of drug-likeness (QED) is 0.753. The maximum Gasteiger partial charge on any atom is 0.229 e. The van der Waals surface area contributed by atoms with Crippen LogP contribution in [0.25, 0.3) is 0 Å². The summed E-state index contributed by atoms with van der Waals surface area (Å²) in [7, 11) is 0. The maximum absolute atomic E-state index is 14.2. The molecule has 0 aliphatic heterocycles. The van der Waals surface area contributed by atoms with Crippen LogP contribution in [0.5, 0.6) is 0 Å². The minimum atomic E-state index is -0.492. The van der Waals surface area contributed by atoms with Crippen LogP contribution in [0.15, 0.2) is 18.2 Å². The van der Waals surface area contributed by atoms with Crippen molar-refractivity contribution in [2.24, 2.45) is 29.4 Å². The molecule has 3 saturated carbocycles. The van der Waals surface area contributed by atoms with E-state index in [1.807, 2.05) is 0 Å². The Bertz CT molecular complexity index is 730. The van der Waals surface area contributed by atoms with E-state index < -0.39 is 5.82 Å². The van der Waals surface area contributed by atoms with E-state index in [0.717, 1.165) is 51.4 Å². The van der Waals surface area contributed by atoms with Crippen LogP contribution >= 0.6 is 0 Å². The molecule has 27 heavy (non-hydrogen) atoms. The van der Waals surface area contributed by atoms with Crippen LogP contribution in [-0.2, 0) is 9.59 Å². The van der Waals surface area contributed by atoms with E-state index in [2.05, 4.69) is 10.6 Å². The molecule has 1 aromatic rings. The van der Waals surface area contributed by atoms with E-state index in [9.17, 15) is 14.0 Å². The molecule has 2 bridgehead atoms. The van der Waals surface area contributed by atoms with Crippen LogP contribution in [0.4, 0.5) is 15.8 Å². The number of carbonyl (C=O) groups excluding carboxylic acids is 2. The highest BCUT2D eigenvalue weighted by molar-refractivity contribution is 5.96. The first-order valence-corrected chi connectivity index (χ1v) is 10.2. The molecule has 146 valence electrons.